The predicted octanol–water partition coefficient (Wildman–Crippen LogP) is 2.04. The maximum absolute atomic E-state index is 5.37. The van der Waals surface area contributed by atoms with Crippen molar-refractivity contribution >= 4 is 11.8 Å². The second kappa shape index (κ2) is 7.43. The van der Waals surface area contributed by atoms with Crippen LogP contribution < -0.4 is 5.32 Å². The minimum atomic E-state index is 0.770. The van der Waals surface area contributed by atoms with Gasteiger partial charge in [0.15, 0.2) is 5.82 Å². The third-order valence-electron chi connectivity index (χ3n) is 4.08. The Hall–Kier alpha value is -0.590. The highest BCUT2D eigenvalue weighted by Gasteiger charge is 2.17. The largest absolute Gasteiger partial charge is 0.338 e. The van der Waals surface area contributed by atoms with Crippen molar-refractivity contribution in [1.29, 1.82) is 0 Å². The van der Waals surface area contributed by atoms with Gasteiger partial charge in [-0.15, -0.1) is 0 Å². The van der Waals surface area contributed by atoms with E-state index < -0.39 is 0 Å². The van der Waals surface area contributed by atoms with Crippen LogP contribution in [0.3, 0.4) is 0 Å². The van der Waals surface area contributed by atoms with E-state index in [1.54, 1.807) is 0 Å². The van der Waals surface area contributed by atoms with Gasteiger partial charge < -0.3 is 9.84 Å². The number of piperazine rings is 1. The van der Waals surface area contributed by atoms with Crippen molar-refractivity contribution < 1.29 is 4.52 Å². The van der Waals surface area contributed by atoms with Gasteiger partial charge in [-0.2, -0.15) is 16.7 Å². The molecule has 2 aliphatic rings. The third-order valence-corrected chi connectivity index (χ3v) is 5.45. The topological polar surface area (TPSA) is 54.2 Å². The summed E-state index contributed by atoms with van der Waals surface area (Å²) in [7, 11) is 0. The Bertz CT molecular complexity index is 400. The SMILES string of the molecule is C1CCC(SCc2noc(CN3CCNCC3)n2)CC1. The Morgan fingerprint density at radius 3 is 2.80 bits per heavy atom. The van der Waals surface area contributed by atoms with E-state index in [9.17, 15) is 0 Å². The molecule has 0 unspecified atom stereocenters. The second-order valence-electron chi connectivity index (χ2n) is 5.70. The fraction of sp³-hybridized carbons (Fsp3) is 0.857. The fourth-order valence-corrected chi connectivity index (χ4v) is 4.07. The first-order valence-corrected chi connectivity index (χ1v) is 8.81. The van der Waals surface area contributed by atoms with Gasteiger partial charge in [-0.3, -0.25) is 4.90 Å². The van der Waals surface area contributed by atoms with Crippen LogP contribution in [0.1, 0.15) is 43.8 Å². The molecule has 1 aromatic heterocycles. The van der Waals surface area contributed by atoms with Gasteiger partial charge in [0.1, 0.15) is 0 Å². The lowest BCUT2D eigenvalue weighted by molar-refractivity contribution is 0.203. The number of rotatable bonds is 5. The van der Waals surface area contributed by atoms with Crippen LogP contribution in [-0.2, 0) is 12.3 Å². The number of aromatic nitrogens is 2. The number of hydrogen-bond donors (Lipinski definition) is 1. The van der Waals surface area contributed by atoms with Crippen LogP contribution in [-0.4, -0.2) is 46.5 Å². The maximum Gasteiger partial charge on any atom is 0.240 e. The zero-order valence-electron chi connectivity index (χ0n) is 12.0. The fourth-order valence-electron chi connectivity index (χ4n) is 2.90. The molecule has 1 aliphatic carbocycles. The van der Waals surface area contributed by atoms with Gasteiger partial charge >= 0.3 is 0 Å². The molecule has 1 aromatic rings. The van der Waals surface area contributed by atoms with Crippen LogP contribution >= 0.6 is 11.8 Å². The lowest BCUT2D eigenvalue weighted by Crippen LogP contribution is -2.42. The number of thioether (sulfide) groups is 1. The van der Waals surface area contributed by atoms with Crippen molar-refractivity contribution in [2.24, 2.45) is 0 Å². The van der Waals surface area contributed by atoms with E-state index in [2.05, 4.69) is 20.4 Å². The molecule has 2 heterocycles. The molecule has 1 saturated carbocycles. The van der Waals surface area contributed by atoms with Crippen molar-refractivity contribution in [3.05, 3.63) is 11.7 Å². The number of nitrogens with zero attached hydrogens (tertiary/aromatic N) is 3. The summed E-state index contributed by atoms with van der Waals surface area (Å²) in [4.78, 5) is 6.89. The molecular formula is C14H24N4OS. The van der Waals surface area contributed by atoms with Crippen molar-refractivity contribution in [1.82, 2.24) is 20.4 Å². The molecule has 2 fully saturated rings. The third kappa shape index (κ3) is 4.20. The molecule has 0 amide bonds. The zero-order valence-corrected chi connectivity index (χ0v) is 12.8. The molecule has 5 nitrogen and oxygen atoms in total. The molecule has 0 spiro atoms. The molecular weight excluding hydrogens is 272 g/mol. The highest BCUT2D eigenvalue weighted by molar-refractivity contribution is 7.99. The Morgan fingerprint density at radius 1 is 1.20 bits per heavy atom. The Kier molecular flexibility index (Phi) is 5.33. The van der Waals surface area contributed by atoms with E-state index in [0.717, 1.165) is 55.4 Å². The normalized spacial score (nSPS) is 22.2. The minimum absolute atomic E-state index is 0.770. The van der Waals surface area contributed by atoms with Gasteiger partial charge in [0.05, 0.1) is 12.3 Å². The number of hydrogen-bond acceptors (Lipinski definition) is 6. The molecule has 1 aliphatic heterocycles. The van der Waals surface area contributed by atoms with Crippen LogP contribution in [0.25, 0.3) is 0 Å². The summed E-state index contributed by atoms with van der Waals surface area (Å²) in [5.74, 6) is 2.53. The Morgan fingerprint density at radius 2 is 2.00 bits per heavy atom. The molecule has 3 rings (SSSR count). The summed E-state index contributed by atoms with van der Waals surface area (Å²) in [5.41, 5.74) is 0. The summed E-state index contributed by atoms with van der Waals surface area (Å²) in [6, 6.07) is 0. The van der Waals surface area contributed by atoms with Crippen LogP contribution in [0.2, 0.25) is 0 Å². The van der Waals surface area contributed by atoms with E-state index in [1.807, 2.05) is 11.8 Å². The van der Waals surface area contributed by atoms with E-state index in [1.165, 1.54) is 32.1 Å². The first-order chi connectivity index (χ1) is 9.90. The highest BCUT2D eigenvalue weighted by atomic mass is 32.2. The van der Waals surface area contributed by atoms with Crippen molar-refractivity contribution in [2.45, 2.75) is 49.7 Å². The highest BCUT2D eigenvalue weighted by Crippen LogP contribution is 2.29. The Labute approximate surface area is 124 Å². The maximum atomic E-state index is 5.37. The average molecular weight is 296 g/mol. The zero-order chi connectivity index (χ0) is 13.6. The van der Waals surface area contributed by atoms with Gasteiger partial charge in [-0.25, -0.2) is 0 Å². The standard InChI is InChI=1S/C14H24N4OS/c1-2-4-12(5-3-1)20-11-13-16-14(19-17-13)10-18-8-6-15-7-9-18/h12,15H,1-11H2. The molecule has 1 N–H and O–H groups in total. The van der Waals surface area contributed by atoms with E-state index in [-0.39, 0.29) is 0 Å². The minimum Gasteiger partial charge on any atom is -0.338 e. The van der Waals surface area contributed by atoms with E-state index >= 15 is 0 Å². The molecule has 1 saturated heterocycles. The second-order valence-corrected chi connectivity index (χ2v) is 6.99. The lowest BCUT2D eigenvalue weighted by Gasteiger charge is -2.25. The van der Waals surface area contributed by atoms with E-state index in [0.29, 0.717) is 0 Å². The van der Waals surface area contributed by atoms with Crippen LogP contribution in [0, 0.1) is 0 Å². The number of nitrogens with one attached hydrogen (secondary N) is 1. The van der Waals surface area contributed by atoms with Crippen LogP contribution in [0.5, 0.6) is 0 Å². The molecule has 112 valence electrons. The van der Waals surface area contributed by atoms with Gasteiger partial charge in [0.2, 0.25) is 5.89 Å². The summed E-state index contributed by atoms with van der Waals surface area (Å²) in [6.07, 6.45) is 6.90. The molecule has 0 atom stereocenters. The molecule has 0 radical (unpaired) electrons. The summed E-state index contributed by atoms with van der Waals surface area (Å²) < 4.78 is 5.37. The summed E-state index contributed by atoms with van der Waals surface area (Å²) >= 11 is 2.00. The van der Waals surface area contributed by atoms with Gasteiger partial charge in [-0.1, -0.05) is 24.4 Å². The summed E-state index contributed by atoms with van der Waals surface area (Å²) in [6.45, 7) is 5.03. The molecule has 0 bridgehead atoms. The van der Waals surface area contributed by atoms with Gasteiger partial charge in [0.25, 0.3) is 0 Å². The predicted molar refractivity (Wildman–Crippen MR) is 80.6 cm³/mol. The monoisotopic (exact) mass is 296 g/mol. The molecule has 20 heavy (non-hydrogen) atoms. The van der Waals surface area contributed by atoms with E-state index in [4.69, 9.17) is 4.52 Å². The van der Waals surface area contributed by atoms with Gasteiger partial charge in [0, 0.05) is 31.4 Å². The van der Waals surface area contributed by atoms with Gasteiger partial charge in [-0.05, 0) is 12.8 Å². The van der Waals surface area contributed by atoms with Crippen LogP contribution in [0.4, 0.5) is 0 Å². The van der Waals surface area contributed by atoms with Crippen molar-refractivity contribution in [2.75, 3.05) is 26.2 Å². The molecule has 6 heteroatoms. The smallest absolute Gasteiger partial charge is 0.240 e. The van der Waals surface area contributed by atoms with Crippen molar-refractivity contribution in [3.8, 4) is 0 Å². The average Bonchev–Trinajstić information content (AvgIpc) is 2.95. The quantitative estimate of drug-likeness (QED) is 0.897. The van der Waals surface area contributed by atoms with Crippen LogP contribution in [0.15, 0.2) is 4.52 Å². The van der Waals surface area contributed by atoms with Crippen molar-refractivity contribution in [3.63, 3.8) is 0 Å². The summed E-state index contributed by atoms with van der Waals surface area (Å²) in [5, 5.41) is 8.27. The lowest BCUT2D eigenvalue weighted by atomic mass is 10.0. The molecule has 0 aromatic carbocycles. The first-order valence-electron chi connectivity index (χ1n) is 7.76. The first kappa shape index (κ1) is 14.4. The Balaban J connectivity index is 1.43.